The van der Waals surface area contributed by atoms with Crippen LogP contribution in [-0.2, 0) is 0 Å². The Morgan fingerprint density at radius 1 is 1.17 bits per heavy atom. The lowest BCUT2D eigenvalue weighted by molar-refractivity contribution is 0.399. The molecule has 1 aromatic heterocycles. The standard InChI is InChI=1S/C9H8O.CH4O/c1-7-2-3-9-8(6-7)4-5-10-9;1-2/h2-6H,1H3;2H,1H3. The maximum Gasteiger partial charge on any atom is 0.133 e. The van der Waals surface area contributed by atoms with Crippen LogP contribution in [0.3, 0.4) is 0 Å². The van der Waals surface area contributed by atoms with Gasteiger partial charge in [-0.1, -0.05) is 11.6 Å². The fourth-order valence-electron chi connectivity index (χ4n) is 1.09. The van der Waals surface area contributed by atoms with E-state index in [0.29, 0.717) is 0 Å². The molecular formula is C10H12O2. The number of furan rings is 1. The van der Waals surface area contributed by atoms with Crippen molar-refractivity contribution in [3.8, 4) is 0 Å². The lowest BCUT2D eigenvalue weighted by Gasteiger charge is -1.89. The van der Waals surface area contributed by atoms with Crippen molar-refractivity contribution in [3.05, 3.63) is 36.1 Å². The van der Waals surface area contributed by atoms with Gasteiger partial charge in [0.25, 0.3) is 0 Å². The van der Waals surface area contributed by atoms with Crippen LogP contribution in [0.5, 0.6) is 0 Å². The maximum absolute atomic E-state index is 7.00. The highest BCUT2D eigenvalue weighted by atomic mass is 16.3. The minimum atomic E-state index is 0.964. The number of benzene rings is 1. The molecule has 2 rings (SSSR count). The van der Waals surface area contributed by atoms with Gasteiger partial charge in [0, 0.05) is 12.5 Å². The second-order valence-corrected chi connectivity index (χ2v) is 2.46. The van der Waals surface area contributed by atoms with Crippen LogP contribution in [0.1, 0.15) is 5.56 Å². The van der Waals surface area contributed by atoms with Crippen LogP contribution in [0.4, 0.5) is 0 Å². The Bertz CT molecular complexity index is 349. The summed E-state index contributed by atoms with van der Waals surface area (Å²) in [5.41, 5.74) is 2.24. The minimum Gasteiger partial charge on any atom is -0.464 e. The van der Waals surface area contributed by atoms with Gasteiger partial charge in [0.05, 0.1) is 6.26 Å². The normalized spacial score (nSPS) is 9.25. The molecule has 0 spiro atoms. The first-order valence-corrected chi connectivity index (χ1v) is 3.75. The molecule has 0 aliphatic carbocycles. The first kappa shape index (κ1) is 8.81. The van der Waals surface area contributed by atoms with E-state index >= 15 is 0 Å². The van der Waals surface area contributed by atoms with Gasteiger partial charge in [-0.15, -0.1) is 0 Å². The van der Waals surface area contributed by atoms with Crippen molar-refractivity contribution in [1.82, 2.24) is 0 Å². The molecule has 0 saturated heterocycles. The van der Waals surface area contributed by atoms with E-state index in [1.54, 1.807) is 6.26 Å². The predicted molar refractivity (Wildman–Crippen MR) is 49.1 cm³/mol. The lowest BCUT2D eigenvalue weighted by Crippen LogP contribution is -1.67. The summed E-state index contributed by atoms with van der Waals surface area (Å²) in [6.45, 7) is 2.08. The predicted octanol–water partition coefficient (Wildman–Crippen LogP) is 2.35. The highest BCUT2D eigenvalue weighted by Gasteiger charge is 1.93. The van der Waals surface area contributed by atoms with Gasteiger partial charge in [-0.2, -0.15) is 0 Å². The quantitative estimate of drug-likeness (QED) is 0.648. The Morgan fingerprint density at radius 2 is 1.92 bits per heavy atom. The second-order valence-electron chi connectivity index (χ2n) is 2.46. The van der Waals surface area contributed by atoms with E-state index in [-0.39, 0.29) is 0 Å². The molecule has 0 atom stereocenters. The molecule has 0 aliphatic heterocycles. The fraction of sp³-hybridized carbons (Fsp3) is 0.200. The molecule has 2 nitrogen and oxygen atoms in total. The number of aliphatic hydroxyl groups excluding tert-OH is 1. The molecule has 0 amide bonds. The average molecular weight is 164 g/mol. The van der Waals surface area contributed by atoms with E-state index in [1.165, 1.54) is 10.9 Å². The monoisotopic (exact) mass is 164 g/mol. The van der Waals surface area contributed by atoms with E-state index in [4.69, 9.17) is 9.52 Å². The Balaban J connectivity index is 0.000000336. The fourth-order valence-corrected chi connectivity index (χ4v) is 1.09. The Labute approximate surface area is 71.4 Å². The van der Waals surface area contributed by atoms with Crippen molar-refractivity contribution in [1.29, 1.82) is 0 Å². The molecule has 0 bridgehead atoms. The number of hydrogen-bond acceptors (Lipinski definition) is 2. The van der Waals surface area contributed by atoms with Crippen molar-refractivity contribution in [3.63, 3.8) is 0 Å². The Hall–Kier alpha value is -1.28. The number of aryl methyl sites for hydroxylation is 1. The molecule has 0 unspecified atom stereocenters. The van der Waals surface area contributed by atoms with E-state index in [2.05, 4.69) is 13.0 Å². The molecule has 1 N–H and O–H groups in total. The van der Waals surface area contributed by atoms with Crippen LogP contribution >= 0.6 is 0 Å². The van der Waals surface area contributed by atoms with Crippen molar-refractivity contribution in [2.45, 2.75) is 6.92 Å². The van der Waals surface area contributed by atoms with Crippen molar-refractivity contribution >= 4 is 11.0 Å². The molecule has 12 heavy (non-hydrogen) atoms. The highest BCUT2D eigenvalue weighted by molar-refractivity contribution is 5.77. The first-order valence-electron chi connectivity index (χ1n) is 3.75. The van der Waals surface area contributed by atoms with Crippen LogP contribution < -0.4 is 0 Å². The van der Waals surface area contributed by atoms with Crippen molar-refractivity contribution in [2.75, 3.05) is 7.11 Å². The molecular weight excluding hydrogens is 152 g/mol. The zero-order valence-corrected chi connectivity index (χ0v) is 7.24. The molecule has 0 saturated carbocycles. The summed E-state index contributed by atoms with van der Waals surface area (Å²) in [4.78, 5) is 0. The third kappa shape index (κ3) is 1.66. The number of rotatable bonds is 0. The number of fused-ring (bicyclic) bond motifs is 1. The van der Waals surface area contributed by atoms with Gasteiger partial charge in [0.2, 0.25) is 0 Å². The molecule has 64 valence electrons. The number of hydrogen-bond donors (Lipinski definition) is 1. The summed E-state index contributed by atoms with van der Waals surface area (Å²) in [7, 11) is 1.00. The van der Waals surface area contributed by atoms with E-state index in [9.17, 15) is 0 Å². The Kier molecular flexibility index (Phi) is 2.88. The van der Waals surface area contributed by atoms with Gasteiger partial charge in [-0.25, -0.2) is 0 Å². The topological polar surface area (TPSA) is 33.4 Å². The third-order valence-electron chi connectivity index (χ3n) is 1.61. The van der Waals surface area contributed by atoms with Crippen molar-refractivity contribution in [2.24, 2.45) is 0 Å². The first-order chi connectivity index (χ1) is 5.86. The number of aliphatic hydroxyl groups is 1. The smallest absolute Gasteiger partial charge is 0.133 e. The molecule has 0 fully saturated rings. The van der Waals surface area contributed by atoms with E-state index in [1.807, 2.05) is 18.2 Å². The third-order valence-corrected chi connectivity index (χ3v) is 1.61. The molecule has 1 heterocycles. The molecule has 1 aromatic carbocycles. The lowest BCUT2D eigenvalue weighted by atomic mass is 10.2. The van der Waals surface area contributed by atoms with Crippen LogP contribution in [-0.4, -0.2) is 12.2 Å². The highest BCUT2D eigenvalue weighted by Crippen LogP contribution is 2.15. The van der Waals surface area contributed by atoms with Crippen molar-refractivity contribution < 1.29 is 9.52 Å². The van der Waals surface area contributed by atoms with E-state index < -0.39 is 0 Å². The summed E-state index contributed by atoms with van der Waals surface area (Å²) in [6.07, 6.45) is 1.71. The van der Waals surface area contributed by atoms with Gasteiger partial charge in [-0.05, 0) is 25.1 Å². The molecule has 0 radical (unpaired) electrons. The van der Waals surface area contributed by atoms with Crippen LogP contribution in [0.25, 0.3) is 11.0 Å². The minimum absolute atomic E-state index is 0.964. The molecule has 2 heteroatoms. The van der Waals surface area contributed by atoms with Gasteiger partial charge < -0.3 is 9.52 Å². The van der Waals surface area contributed by atoms with Gasteiger partial charge in [-0.3, -0.25) is 0 Å². The SMILES string of the molecule is CO.Cc1ccc2occc2c1. The molecule has 0 aliphatic rings. The zero-order valence-electron chi connectivity index (χ0n) is 7.24. The summed E-state index contributed by atoms with van der Waals surface area (Å²) in [5.74, 6) is 0. The summed E-state index contributed by atoms with van der Waals surface area (Å²) in [5, 5.41) is 8.18. The van der Waals surface area contributed by atoms with Crippen LogP contribution in [0.2, 0.25) is 0 Å². The zero-order chi connectivity index (χ0) is 8.97. The van der Waals surface area contributed by atoms with Gasteiger partial charge in [0.1, 0.15) is 5.58 Å². The van der Waals surface area contributed by atoms with Gasteiger partial charge >= 0.3 is 0 Å². The summed E-state index contributed by atoms with van der Waals surface area (Å²) in [6, 6.07) is 8.12. The largest absolute Gasteiger partial charge is 0.464 e. The second kappa shape index (κ2) is 3.93. The Morgan fingerprint density at radius 3 is 2.67 bits per heavy atom. The van der Waals surface area contributed by atoms with Gasteiger partial charge in [0.15, 0.2) is 0 Å². The average Bonchev–Trinajstić information content (AvgIpc) is 2.54. The van der Waals surface area contributed by atoms with Crippen LogP contribution in [0.15, 0.2) is 34.9 Å². The maximum atomic E-state index is 7.00. The summed E-state index contributed by atoms with van der Waals surface area (Å²) < 4.78 is 5.17. The van der Waals surface area contributed by atoms with E-state index in [0.717, 1.165) is 12.7 Å². The van der Waals surface area contributed by atoms with Crippen LogP contribution in [0, 0.1) is 6.92 Å². The molecule has 2 aromatic rings. The summed E-state index contributed by atoms with van der Waals surface area (Å²) >= 11 is 0.